The fourth-order valence-corrected chi connectivity index (χ4v) is 2.27. The van der Waals surface area contributed by atoms with Gasteiger partial charge < -0.3 is 10.2 Å². The molecule has 1 amide bonds. The van der Waals surface area contributed by atoms with Crippen molar-refractivity contribution in [2.45, 2.75) is 39.0 Å². The minimum Gasteiger partial charge on any atom is -0.465 e. The summed E-state index contributed by atoms with van der Waals surface area (Å²) in [5.41, 5.74) is 0.616. The molecular formula is C13H18ClNO3. The van der Waals surface area contributed by atoms with E-state index in [0.29, 0.717) is 10.6 Å². The van der Waals surface area contributed by atoms with E-state index in [0.717, 1.165) is 0 Å². The van der Waals surface area contributed by atoms with Gasteiger partial charge in [0.15, 0.2) is 0 Å². The van der Waals surface area contributed by atoms with Gasteiger partial charge in [-0.2, -0.15) is 0 Å². The lowest BCUT2D eigenvalue weighted by Crippen LogP contribution is -2.43. The van der Waals surface area contributed by atoms with Crippen molar-refractivity contribution in [3.8, 4) is 0 Å². The quantitative estimate of drug-likeness (QED) is 0.884. The molecule has 0 saturated carbocycles. The van der Waals surface area contributed by atoms with Gasteiger partial charge in [0.1, 0.15) is 0 Å². The van der Waals surface area contributed by atoms with Gasteiger partial charge in [-0.1, -0.05) is 29.8 Å². The van der Waals surface area contributed by atoms with Crippen molar-refractivity contribution in [2.75, 3.05) is 0 Å². The Hall–Kier alpha value is -1.26. The Kier molecular flexibility index (Phi) is 4.99. The predicted octanol–water partition coefficient (Wildman–Crippen LogP) is 3.15. The topological polar surface area (TPSA) is 60.8 Å². The summed E-state index contributed by atoms with van der Waals surface area (Å²) in [6, 6.07) is 6.04. The monoisotopic (exact) mass is 271 g/mol. The van der Waals surface area contributed by atoms with Crippen LogP contribution in [-0.4, -0.2) is 33.4 Å². The Morgan fingerprint density at radius 3 is 2.22 bits per heavy atom. The van der Waals surface area contributed by atoms with E-state index in [-0.39, 0.29) is 6.04 Å². The maximum atomic E-state index is 11.3. The second kappa shape index (κ2) is 6.07. The molecule has 1 unspecified atom stereocenters. The summed E-state index contributed by atoms with van der Waals surface area (Å²) < 4.78 is 0. The van der Waals surface area contributed by atoms with Gasteiger partial charge in [0.05, 0.1) is 12.1 Å². The molecule has 1 aromatic carbocycles. The average molecular weight is 272 g/mol. The Bertz CT molecular complexity index is 420. The van der Waals surface area contributed by atoms with Crippen LogP contribution < -0.4 is 0 Å². The van der Waals surface area contributed by atoms with E-state index in [1.54, 1.807) is 45.0 Å². The fraction of sp³-hybridized carbons (Fsp3) is 0.462. The molecular weight excluding hydrogens is 254 g/mol. The van der Waals surface area contributed by atoms with Crippen LogP contribution in [0.2, 0.25) is 5.02 Å². The molecule has 0 bridgehead atoms. The lowest BCUT2D eigenvalue weighted by molar-refractivity contribution is 0.0419. The summed E-state index contributed by atoms with van der Waals surface area (Å²) in [6.07, 6.45) is -1.92. The van der Waals surface area contributed by atoms with Gasteiger partial charge in [-0.05, 0) is 32.4 Å². The Labute approximate surface area is 112 Å². The number of aliphatic hydroxyl groups is 1. The average Bonchev–Trinajstić information content (AvgIpc) is 2.25. The van der Waals surface area contributed by atoms with Gasteiger partial charge in [-0.15, -0.1) is 0 Å². The minimum atomic E-state index is -1.07. The number of carboxylic acid groups (broad SMARTS) is 1. The third-order valence-electron chi connectivity index (χ3n) is 2.76. The van der Waals surface area contributed by atoms with Gasteiger partial charge >= 0.3 is 6.09 Å². The van der Waals surface area contributed by atoms with Crippen LogP contribution in [-0.2, 0) is 0 Å². The van der Waals surface area contributed by atoms with Crippen LogP contribution in [0.5, 0.6) is 0 Å². The molecule has 100 valence electrons. The molecule has 18 heavy (non-hydrogen) atoms. The molecule has 2 N–H and O–H groups in total. The largest absolute Gasteiger partial charge is 0.465 e. The minimum absolute atomic E-state index is 0.252. The van der Waals surface area contributed by atoms with Gasteiger partial charge in [0.25, 0.3) is 0 Å². The molecule has 0 aliphatic rings. The zero-order valence-electron chi connectivity index (χ0n) is 10.7. The molecule has 0 fully saturated rings. The summed E-state index contributed by atoms with van der Waals surface area (Å²) in [7, 11) is 0. The molecule has 0 saturated heterocycles. The van der Waals surface area contributed by atoms with Crippen LogP contribution in [0.3, 0.4) is 0 Å². The van der Waals surface area contributed by atoms with Crippen LogP contribution in [0.15, 0.2) is 24.3 Å². The highest BCUT2D eigenvalue weighted by Crippen LogP contribution is 2.31. The number of nitrogens with zero attached hydrogens (tertiary/aromatic N) is 1. The van der Waals surface area contributed by atoms with E-state index in [2.05, 4.69) is 0 Å². The van der Waals surface area contributed by atoms with Crippen LogP contribution >= 0.6 is 11.6 Å². The second-order valence-corrected chi connectivity index (χ2v) is 4.90. The summed E-state index contributed by atoms with van der Waals surface area (Å²) in [5, 5.41) is 19.6. The highest BCUT2D eigenvalue weighted by molar-refractivity contribution is 6.31. The summed E-state index contributed by atoms with van der Waals surface area (Å²) >= 11 is 6.09. The number of carbonyl (C=O) groups is 1. The lowest BCUT2D eigenvalue weighted by atomic mass is 9.99. The third-order valence-corrected chi connectivity index (χ3v) is 3.10. The fourth-order valence-electron chi connectivity index (χ4n) is 2.02. The highest BCUT2D eigenvalue weighted by atomic mass is 35.5. The van der Waals surface area contributed by atoms with Gasteiger partial charge in [0.2, 0.25) is 0 Å². The molecule has 0 aromatic heterocycles. The standard InChI is InChI=1S/C13H18ClNO3/c1-8(2)15(13(17)18)12(9(3)16)10-6-4-5-7-11(10)14/h4-9,12,16H,1-3H3,(H,17,18)/t9-,12?/m0/s1. The first kappa shape index (κ1) is 14.8. The Balaban J connectivity index is 3.25. The van der Waals surface area contributed by atoms with Crippen molar-refractivity contribution in [3.63, 3.8) is 0 Å². The van der Waals surface area contributed by atoms with Gasteiger partial charge in [-0.25, -0.2) is 4.79 Å². The number of benzene rings is 1. The Morgan fingerprint density at radius 2 is 1.83 bits per heavy atom. The SMILES string of the molecule is CC(C)N(C(=O)O)C(c1ccccc1Cl)[C@H](C)O. The van der Waals surface area contributed by atoms with E-state index in [1.807, 2.05) is 0 Å². The summed E-state index contributed by atoms with van der Waals surface area (Å²) in [6.45, 7) is 5.09. The van der Waals surface area contributed by atoms with E-state index in [9.17, 15) is 15.0 Å². The number of aliphatic hydroxyl groups excluding tert-OH is 1. The maximum absolute atomic E-state index is 11.3. The molecule has 0 aliphatic heterocycles. The highest BCUT2D eigenvalue weighted by Gasteiger charge is 2.32. The normalized spacial score (nSPS) is 14.3. The van der Waals surface area contributed by atoms with Crippen LogP contribution in [0.25, 0.3) is 0 Å². The van der Waals surface area contributed by atoms with Crippen molar-refractivity contribution < 1.29 is 15.0 Å². The van der Waals surface area contributed by atoms with E-state index in [1.165, 1.54) is 4.90 Å². The summed E-state index contributed by atoms with van der Waals surface area (Å²) in [4.78, 5) is 12.6. The summed E-state index contributed by atoms with van der Waals surface area (Å²) in [5.74, 6) is 0. The maximum Gasteiger partial charge on any atom is 0.408 e. The molecule has 0 aliphatic carbocycles. The second-order valence-electron chi connectivity index (χ2n) is 4.49. The molecule has 4 nitrogen and oxygen atoms in total. The molecule has 2 atom stereocenters. The lowest BCUT2D eigenvalue weighted by Gasteiger charge is -2.35. The van der Waals surface area contributed by atoms with E-state index < -0.39 is 18.2 Å². The van der Waals surface area contributed by atoms with Crippen LogP contribution in [0, 0.1) is 0 Å². The first-order chi connectivity index (χ1) is 8.36. The zero-order chi connectivity index (χ0) is 13.9. The zero-order valence-corrected chi connectivity index (χ0v) is 11.4. The molecule has 1 aromatic rings. The van der Waals surface area contributed by atoms with Crippen LogP contribution in [0.4, 0.5) is 4.79 Å². The number of hydrogen-bond acceptors (Lipinski definition) is 2. The molecule has 1 rings (SSSR count). The first-order valence-electron chi connectivity index (χ1n) is 5.80. The van der Waals surface area contributed by atoms with Crippen molar-refractivity contribution >= 4 is 17.7 Å². The number of amides is 1. The third kappa shape index (κ3) is 3.15. The van der Waals surface area contributed by atoms with E-state index >= 15 is 0 Å². The van der Waals surface area contributed by atoms with Crippen molar-refractivity contribution in [3.05, 3.63) is 34.9 Å². The van der Waals surface area contributed by atoms with Gasteiger partial charge in [0, 0.05) is 11.1 Å². The van der Waals surface area contributed by atoms with E-state index in [4.69, 9.17) is 11.6 Å². The van der Waals surface area contributed by atoms with Gasteiger partial charge in [-0.3, -0.25) is 4.90 Å². The molecule has 0 radical (unpaired) electrons. The smallest absolute Gasteiger partial charge is 0.408 e. The van der Waals surface area contributed by atoms with Crippen molar-refractivity contribution in [1.82, 2.24) is 4.90 Å². The Morgan fingerprint density at radius 1 is 1.28 bits per heavy atom. The molecule has 0 heterocycles. The van der Waals surface area contributed by atoms with Crippen molar-refractivity contribution in [2.24, 2.45) is 0 Å². The molecule has 5 heteroatoms. The number of rotatable bonds is 4. The van der Waals surface area contributed by atoms with Crippen LogP contribution in [0.1, 0.15) is 32.4 Å². The predicted molar refractivity (Wildman–Crippen MR) is 70.9 cm³/mol. The number of halogens is 1. The number of hydrogen-bond donors (Lipinski definition) is 2. The first-order valence-corrected chi connectivity index (χ1v) is 6.17. The van der Waals surface area contributed by atoms with Crippen molar-refractivity contribution in [1.29, 1.82) is 0 Å². The molecule has 0 spiro atoms.